The molecule has 0 aliphatic carbocycles. The number of thioether (sulfide) groups is 1. The predicted octanol–water partition coefficient (Wildman–Crippen LogP) is 6.44. The first-order valence-electron chi connectivity index (χ1n) is 9.59. The molecule has 0 fully saturated rings. The fraction of sp³-hybridized carbons (Fsp3) is 0.0455. The maximum absolute atomic E-state index is 11.8. The van der Waals surface area contributed by atoms with Gasteiger partial charge >= 0.3 is 5.97 Å². The van der Waals surface area contributed by atoms with Crippen LogP contribution >= 0.6 is 35.0 Å². The minimum atomic E-state index is -1.25. The summed E-state index contributed by atoms with van der Waals surface area (Å²) < 4.78 is 16.6. The number of carboxylic acid groups (broad SMARTS) is 1. The number of methoxy groups -OCH3 is 1. The Morgan fingerprint density at radius 3 is 2.60 bits per heavy atom. The van der Waals surface area contributed by atoms with Crippen LogP contribution < -0.4 is 4.74 Å². The molecule has 1 N–H and O–H groups in total. The number of carboxylic acids is 1. The first-order valence-corrected chi connectivity index (χ1v) is 11.2. The zero-order valence-corrected chi connectivity index (χ0v) is 19.9. The van der Waals surface area contributed by atoms with Gasteiger partial charge in [0.25, 0.3) is 16.8 Å². The smallest absolute Gasteiger partial charge is 0.342 e. The molecule has 2 aromatic carbocycles. The van der Waals surface area contributed by atoms with E-state index < -0.39 is 10.9 Å². The van der Waals surface area contributed by atoms with Crippen LogP contribution in [0.5, 0.6) is 5.75 Å². The molecule has 0 spiro atoms. The maximum atomic E-state index is 11.8. The van der Waals surface area contributed by atoms with Crippen LogP contribution in [0.25, 0.3) is 28.9 Å². The summed E-state index contributed by atoms with van der Waals surface area (Å²) in [5.74, 6) is -0.183. The summed E-state index contributed by atoms with van der Waals surface area (Å²) in [7, 11) is 1.48. The van der Waals surface area contributed by atoms with E-state index in [1.165, 1.54) is 37.5 Å². The number of halogens is 2. The van der Waals surface area contributed by atoms with E-state index in [1.807, 2.05) is 0 Å². The van der Waals surface area contributed by atoms with Crippen molar-refractivity contribution in [1.82, 2.24) is 10.2 Å². The molecule has 0 aliphatic rings. The quantitative estimate of drug-likeness (QED) is 0.116. The second-order valence-electron chi connectivity index (χ2n) is 6.76. The summed E-state index contributed by atoms with van der Waals surface area (Å²) in [5.41, 5.74) is 0.707. The van der Waals surface area contributed by atoms with E-state index >= 15 is 0 Å². The van der Waals surface area contributed by atoms with Crippen molar-refractivity contribution in [3.05, 3.63) is 79.4 Å². The number of carbonyl (C=O) groups is 1. The van der Waals surface area contributed by atoms with Gasteiger partial charge in [0.1, 0.15) is 22.2 Å². The average Bonchev–Trinajstić information content (AvgIpc) is 3.48. The monoisotopic (exact) mass is 533 g/mol. The summed E-state index contributed by atoms with van der Waals surface area (Å²) in [5, 5.41) is 28.9. The average molecular weight is 534 g/mol. The van der Waals surface area contributed by atoms with Gasteiger partial charge in [-0.05, 0) is 48.2 Å². The third kappa shape index (κ3) is 5.48. The van der Waals surface area contributed by atoms with E-state index in [1.54, 1.807) is 24.3 Å². The Bertz CT molecular complexity index is 1470. The molecule has 0 saturated heterocycles. The van der Waals surface area contributed by atoms with Crippen LogP contribution in [-0.4, -0.2) is 33.3 Å². The highest BCUT2D eigenvalue weighted by atomic mass is 35.5. The number of benzene rings is 2. The number of furan rings is 1. The van der Waals surface area contributed by atoms with Gasteiger partial charge in [-0.2, -0.15) is 0 Å². The van der Waals surface area contributed by atoms with Gasteiger partial charge in [-0.3, -0.25) is 10.1 Å². The second kappa shape index (κ2) is 10.2. The van der Waals surface area contributed by atoms with Gasteiger partial charge in [0.05, 0.1) is 22.6 Å². The van der Waals surface area contributed by atoms with Crippen molar-refractivity contribution in [3.63, 3.8) is 0 Å². The van der Waals surface area contributed by atoms with Gasteiger partial charge in [0.15, 0.2) is 0 Å². The Labute approximate surface area is 211 Å². The van der Waals surface area contributed by atoms with Gasteiger partial charge in [-0.15, -0.1) is 10.2 Å². The molecular formula is C22H13Cl2N3O7S. The van der Waals surface area contributed by atoms with Crippen LogP contribution in [-0.2, 0) is 4.79 Å². The van der Waals surface area contributed by atoms with Gasteiger partial charge in [-0.1, -0.05) is 23.2 Å². The zero-order valence-electron chi connectivity index (χ0n) is 17.6. The number of hydrogen-bond acceptors (Lipinski definition) is 9. The number of rotatable bonds is 8. The SMILES string of the molecule is COc1ccc(Cl)cc1-c1nnc(S/C(=C\c2ccc(-c3ccc([N+](=O)[O-])cc3Cl)o2)C(=O)O)o1. The molecule has 4 aromatic rings. The molecule has 0 saturated carbocycles. The van der Waals surface area contributed by atoms with Crippen molar-refractivity contribution in [1.29, 1.82) is 0 Å². The first-order chi connectivity index (χ1) is 16.7. The third-order valence-electron chi connectivity index (χ3n) is 4.54. The van der Waals surface area contributed by atoms with Gasteiger partial charge < -0.3 is 18.7 Å². The molecule has 10 nitrogen and oxygen atoms in total. The predicted molar refractivity (Wildman–Crippen MR) is 129 cm³/mol. The fourth-order valence-corrected chi connectivity index (χ4v) is 4.05. The van der Waals surface area contributed by atoms with Crippen LogP contribution in [0.4, 0.5) is 5.69 Å². The minimum absolute atomic E-state index is 0.0270. The summed E-state index contributed by atoms with van der Waals surface area (Å²) in [6.45, 7) is 0. The molecule has 13 heteroatoms. The number of nitrogens with zero attached hydrogens (tertiary/aromatic N) is 3. The summed E-state index contributed by atoms with van der Waals surface area (Å²) in [4.78, 5) is 22.0. The van der Waals surface area contributed by atoms with Crippen molar-refractivity contribution in [2.24, 2.45) is 0 Å². The Morgan fingerprint density at radius 2 is 1.91 bits per heavy atom. The van der Waals surface area contributed by atoms with Crippen molar-refractivity contribution in [2.45, 2.75) is 5.22 Å². The topological polar surface area (TPSA) is 142 Å². The highest BCUT2D eigenvalue weighted by Crippen LogP contribution is 2.36. The van der Waals surface area contributed by atoms with Gasteiger partial charge in [0.2, 0.25) is 0 Å². The number of aliphatic carboxylic acids is 1. The fourth-order valence-electron chi connectivity index (χ4n) is 2.96. The Morgan fingerprint density at radius 1 is 1.11 bits per heavy atom. The normalized spacial score (nSPS) is 11.5. The van der Waals surface area contributed by atoms with Crippen molar-refractivity contribution in [3.8, 4) is 28.5 Å². The molecule has 35 heavy (non-hydrogen) atoms. The summed E-state index contributed by atoms with van der Waals surface area (Å²) in [6.07, 6.45) is 1.28. The molecular weight excluding hydrogens is 521 g/mol. The van der Waals surface area contributed by atoms with E-state index in [0.29, 0.717) is 27.7 Å². The van der Waals surface area contributed by atoms with E-state index in [4.69, 9.17) is 36.8 Å². The highest BCUT2D eigenvalue weighted by Gasteiger charge is 2.19. The Hall–Kier alpha value is -3.80. The van der Waals surface area contributed by atoms with Gasteiger partial charge in [0, 0.05) is 28.8 Å². The lowest BCUT2D eigenvalue weighted by molar-refractivity contribution is -0.384. The maximum Gasteiger partial charge on any atom is 0.342 e. The van der Waals surface area contributed by atoms with Crippen molar-refractivity contribution in [2.75, 3.05) is 7.11 Å². The summed E-state index contributed by atoms with van der Waals surface area (Å²) >= 11 is 12.9. The molecule has 2 aromatic heterocycles. The van der Waals surface area contributed by atoms with Gasteiger partial charge in [-0.25, -0.2) is 4.79 Å². The number of non-ortho nitro benzene ring substituents is 1. The lowest BCUT2D eigenvalue weighted by atomic mass is 10.1. The molecule has 0 amide bonds. The highest BCUT2D eigenvalue weighted by molar-refractivity contribution is 8.03. The van der Waals surface area contributed by atoms with E-state index in [0.717, 1.165) is 11.8 Å². The van der Waals surface area contributed by atoms with E-state index in [2.05, 4.69) is 10.2 Å². The number of ether oxygens (including phenoxy) is 1. The number of nitro groups is 1. The molecule has 0 bridgehead atoms. The molecule has 0 unspecified atom stereocenters. The molecule has 0 aliphatic heterocycles. The molecule has 0 atom stereocenters. The van der Waals surface area contributed by atoms with Crippen LogP contribution in [0.3, 0.4) is 0 Å². The number of aromatic nitrogens is 2. The second-order valence-corrected chi connectivity index (χ2v) is 8.59. The zero-order chi connectivity index (χ0) is 25.1. The Kier molecular flexibility index (Phi) is 7.10. The van der Waals surface area contributed by atoms with Crippen molar-refractivity contribution >= 4 is 52.7 Å². The Balaban J connectivity index is 1.59. The van der Waals surface area contributed by atoms with Crippen molar-refractivity contribution < 1.29 is 28.4 Å². The third-order valence-corrected chi connectivity index (χ3v) is 5.94. The minimum Gasteiger partial charge on any atom is -0.496 e. The summed E-state index contributed by atoms with van der Waals surface area (Å²) in [6, 6.07) is 11.9. The standard InChI is InChI=1S/C22H13Cl2N3O7S/c1-32-17-6-2-11(23)8-15(17)20-25-26-22(34-20)35-19(21(28)29)10-13-4-7-18(33-13)14-5-3-12(27(30)31)9-16(14)24/h2-10H,1H3,(H,28,29)/b19-10-. The molecule has 4 rings (SSSR count). The van der Waals surface area contributed by atoms with E-state index in [9.17, 15) is 20.0 Å². The lowest BCUT2D eigenvalue weighted by Gasteiger charge is -2.04. The molecule has 178 valence electrons. The van der Waals surface area contributed by atoms with Crippen LogP contribution in [0, 0.1) is 10.1 Å². The number of nitro benzene ring substituents is 1. The first kappa shape index (κ1) is 24.3. The van der Waals surface area contributed by atoms with E-state index in [-0.39, 0.29) is 32.5 Å². The molecule has 0 radical (unpaired) electrons. The van der Waals surface area contributed by atoms with Crippen LogP contribution in [0.15, 0.2) is 67.5 Å². The van der Waals surface area contributed by atoms with Crippen LogP contribution in [0.1, 0.15) is 5.76 Å². The molecule has 2 heterocycles. The number of hydrogen-bond donors (Lipinski definition) is 1. The lowest BCUT2D eigenvalue weighted by Crippen LogP contribution is -1.96. The largest absolute Gasteiger partial charge is 0.496 e. The van der Waals surface area contributed by atoms with Crippen LogP contribution in [0.2, 0.25) is 10.0 Å².